The average molecular weight is 384 g/mol. The fraction of sp³-hybridized carbons (Fsp3) is 0.200. The van der Waals surface area contributed by atoms with E-state index in [1.54, 1.807) is 23.0 Å². The molecule has 2 aromatic carbocycles. The third-order valence-corrected chi connectivity index (χ3v) is 4.73. The van der Waals surface area contributed by atoms with Crippen molar-refractivity contribution < 1.29 is 14.3 Å². The molecule has 0 spiro atoms. The Labute approximate surface area is 161 Å². The molecule has 0 saturated carbocycles. The van der Waals surface area contributed by atoms with E-state index in [-0.39, 0.29) is 11.8 Å². The van der Waals surface area contributed by atoms with Gasteiger partial charge in [0.25, 0.3) is 0 Å². The van der Waals surface area contributed by atoms with Crippen LogP contribution >= 0.6 is 11.6 Å². The van der Waals surface area contributed by atoms with Crippen molar-refractivity contribution in [3.8, 4) is 17.2 Å². The zero-order chi connectivity index (χ0) is 18.8. The molecule has 0 bridgehead atoms. The first-order chi connectivity index (χ1) is 13.1. The van der Waals surface area contributed by atoms with Crippen LogP contribution in [0.15, 0.2) is 54.9 Å². The van der Waals surface area contributed by atoms with Gasteiger partial charge in [-0.25, -0.2) is 4.68 Å². The Morgan fingerprint density at radius 3 is 2.74 bits per heavy atom. The van der Waals surface area contributed by atoms with E-state index < -0.39 is 0 Å². The molecule has 27 heavy (non-hydrogen) atoms. The molecule has 0 aliphatic carbocycles. The Bertz CT molecular complexity index is 973. The maximum atomic E-state index is 12.7. The first-order valence-electron chi connectivity index (χ1n) is 8.62. The van der Waals surface area contributed by atoms with Gasteiger partial charge in [0.05, 0.1) is 16.6 Å². The zero-order valence-corrected chi connectivity index (χ0v) is 15.4. The lowest BCUT2D eigenvalue weighted by atomic mass is 9.99. The summed E-state index contributed by atoms with van der Waals surface area (Å²) in [7, 11) is 0. The predicted octanol–water partition coefficient (Wildman–Crippen LogP) is 4.04. The van der Waals surface area contributed by atoms with Crippen molar-refractivity contribution in [1.82, 2.24) is 9.78 Å². The Balaban J connectivity index is 1.49. The number of hydrogen-bond acceptors (Lipinski definition) is 4. The highest BCUT2D eigenvalue weighted by molar-refractivity contribution is 6.32. The minimum absolute atomic E-state index is 0.130. The van der Waals surface area contributed by atoms with Gasteiger partial charge in [-0.05, 0) is 48.9 Å². The van der Waals surface area contributed by atoms with E-state index in [4.69, 9.17) is 21.1 Å². The minimum Gasteiger partial charge on any atom is -0.486 e. The monoisotopic (exact) mass is 383 g/mol. The van der Waals surface area contributed by atoms with Crippen molar-refractivity contribution in [3.63, 3.8) is 0 Å². The lowest BCUT2D eigenvalue weighted by molar-refractivity contribution is -0.117. The molecule has 1 atom stereocenters. The average Bonchev–Trinajstić information content (AvgIpc) is 3.21. The lowest BCUT2D eigenvalue weighted by Gasteiger charge is -2.20. The maximum Gasteiger partial charge on any atom is 0.231 e. The summed E-state index contributed by atoms with van der Waals surface area (Å²) in [6.07, 6.45) is 3.49. The van der Waals surface area contributed by atoms with Crippen molar-refractivity contribution >= 4 is 23.2 Å². The van der Waals surface area contributed by atoms with E-state index in [0.717, 1.165) is 11.3 Å². The van der Waals surface area contributed by atoms with Crippen LogP contribution in [0.3, 0.4) is 0 Å². The van der Waals surface area contributed by atoms with Gasteiger partial charge in [-0.15, -0.1) is 0 Å². The highest BCUT2D eigenvalue weighted by Gasteiger charge is 2.19. The van der Waals surface area contributed by atoms with Crippen LogP contribution in [-0.4, -0.2) is 28.9 Å². The fourth-order valence-electron chi connectivity index (χ4n) is 2.91. The van der Waals surface area contributed by atoms with Gasteiger partial charge in [-0.3, -0.25) is 4.79 Å². The highest BCUT2D eigenvalue weighted by Crippen LogP contribution is 2.33. The second kappa shape index (κ2) is 7.32. The molecule has 0 radical (unpaired) electrons. The van der Waals surface area contributed by atoms with Crippen molar-refractivity contribution in [2.45, 2.75) is 12.8 Å². The molecule has 1 N–H and O–H groups in total. The molecule has 1 aromatic heterocycles. The summed E-state index contributed by atoms with van der Waals surface area (Å²) >= 11 is 6.34. The van der Waals surface area contributed by atoms with Crippen molar-refractivity contribution in [2.75, 3.05) is 18.5 Å². The zero-order valence-electron chi connectivity index (χ0n) is 14.7. The Morgan fingerprint density at radius 2 is 2.00 bits per heavy atom. The third kappa shape index (κ3) is 3.61. The smallest absolute Gasteiger partial charge is 0.231 e. The number of halogens is 1. The van der Waals surface area contributed by atoms with Gasteiger partial charge >= 0.3 is 0 Å². The molecular formula is C20H18ClN3O3. The maximum absolute atomic E-state index is 12.7. The predicted molar refractivity (Wildman–Crippen MR) is 103 cm³/mol. The highest BCUT2D eigenvalue weighted by atomic mass is 35.5. The van der Waals surface area contributed by atoms with Crippen molar-refractivity contribution in [1.29, 1.82) is 0 Å². The number of carbonyl (C=O) groups excluding carboxylic acids is 1. The molecule has 1 aliphatic heterocycles. The van der Waals surface area contributed by atoms with Crippen LogP contribution in [0, 0.1) is 0 Å². The Hall–Kier alpha value is -2.99. The van der Waals surface area contributed by atoms with Crippen LogP contribution in [0.1, 0.15) is 18.4 Å². The van der Waals surface area contributed by atoms with Gasteiger partial charge in [0.15, 0.2) is 11.5 Å². The number of aromatic nitrogens is 2. The van der Waals surface area contributed by atoms with Crippen LogP contribution in [0.4, 0.5) is 5.69 Å². The summed E-state index contributed by atoms with van der Waals surface area (Å²) in [5.74, 6) is 0.892. The summed E-state index contributed by atoms with van der Waals surface area (Å²) in [5.41, 5.74) is 2.24. The SMILES string of the molecule is CC(C(=O)Nc1ccc(-n2cccn2)c(Cl)c1)c1ccc2c(c1)OCCO2. The number of fused-ring (bicyclic) bond motifs is 1. The molecule has 7 heteroatoms. The normalized spacial score (nSPS) is 13.9. The number of hydrogen-bond donors (Lipinski definition) is 1. The van der Waals surface area contributed by atoms with Crippen LogP contribution in [-0.2, 0) is 4.79 Å². The first kappa shape index (κ1) is 17.4. The molecule has 3 aromatic rings. The summed E-state index contributed by atoms with van der Waals surface area (Å²) in [6, 6.07) is 12.7. The summed E-state index contributed by atoms with van der Waals surface area (Å²) in [6.45, 7) is 2.90. The van der Waals surface area contributed by atoms with Gasteiger partial charge in [0.2, 0.25) is 5.91 Å². The van der Waals surface area contributed by atoms with Gasteiger partial charge in [-0.2, -0.15) is 5.10 Å². The summed E-state index contributed by atoms with van der Waals surface area (Å²) in [4.78, 5) is 12.7. The van der Waals surface area contributed by atoms with E-state index in [2.05, 4.69) is 10.4 Å². The first-order valence-corrected chi connectivity index (χ1v) is 8.99. The number of amides is 1. The number of nitrogens with one attached hydrogen (secondary N) is 1. The van der Waals surface area contributed by atoms with Crippen LogP contribution in [0.5, 0.6) is 11.5 Å². The van der Waals surface area contributed by atoms with E-state index in [1.165, 1.54) is 0 Å². The summed E-state index contributed by atoms with van der Waals surface area (Å²) in [5, 5.41) is 7.58. The van der Waals surface area contributed by atoms with Crippen LogP contribution < -0.4 is 14.8 Å². The Morgan fingerprint density at radius 1 is 1.19 bits per heavy atom. The van der Waals surface area contributed by atoms with Crippen LogP contribution in [0.2, 0.25) is 5.02 Å². The fourth-order valence-corrected chi connectivity index (χ4v) is 3.18. The molecule has 1 unspecified atom stereocenters. The van der Waals surface area contributed by atoms with Crippen molar-refractivity contribution in [2.24, 2.45) is 0 Å². The molecule has 2 heterocycles. The third-order valence-electron chi connectivity index (χ3n) is 4.43. The topological polar surface area (TPSA) is 65.4 Å². The number of anilines is 1. The molecule has 138 valence electrons. The molecule has 1 amide bonds. The molecule has 0 fully saturated rings. The van der Waals surface area contributed by atoms with Crippen molar-refractivity contribution in [3.05, 3.63) is 65.4 Å². The number of benzene rings is 2. The number of carbonyl (C=O) groups is 1. The number of rotatable bonds is 4. The molecule has 6 nitrogen and oxygen atoms in total. The van der Waals surface area contributed by atoms with Gasteiger partial charge in [0, 0.05) is 18.1 Å². The lowest BCUT2D eigenvalue weighted by Crippen LogP contribution is -2.20. The minimum atomic E-state index is -0.356. The quantitative estimate of drug-likeness (QED) is 0.738. The van der Waals surface area contributed by atoms with E-state index in [0.29, 0.717) is 35.4 Å². The van der Waals surface area contributed by atoms with Gasteiger partial charge in [-0.1, -0.05) is 17.7 Å². The molecule has 0 saturated heterocycles. The standard InChI is InChI=1S/C20H18ClN3O3/c1-13(14-3-6-18-19(11-14)27-10-9-26-18)20(25)23-15-4-5-17(16(21)12-15)24-8-2-7-22-24/h2-8,11-13H,9-10H2,1H3,(H,23,25). The Kier molecular flexibility index (Phi) is 4.73. The molecule has 1 aliphatic rings. The second-order valence-electron chi connectivity index (χ2n) is 6.23. The number of nitrogens with zero attached hydrogens (tertiary/aromatic N) is 2. The second-order valence-corrected chi connectivity index (χ2v) is 6.64. The van der Waals surface area contributed by atoms with Gasteiger partial charge < -0.3 is 14.8 Å². The van der Waals surface area contributed by atoms with E-state index in [9.17, 15) is 4.79 Å². The molecule has 4 rings (SSSR count). The van der Waals surface area contributed by atoms with Gasteiger partial charge in [0.1, 0.15) is 13.2 Å². The summed E-state index contributed by atoms with van der Waals surface area (Å²) < 4.78 is 12.8. The van der Waals surface area contributed by atoms with E-state index >= 15 is 0 Å². The number of ether oxygens (including phenoxy) is 2. The molecular weight excluding hydrogens is 366 g/mol. The van der Waals surface area contributed by atoms with E-state index in [1.807, 2.05) is 43.5 Å². The van der Waals surface area contributed by atoms with Crippen LogP contribution in [0.25, 0.3) is 5.69 Å². The largest absolute Gasteiger partial charge is 0.486 e.